The average molecular weight is 271 g/mol. The van der Waals surface area contributed by atoms with Gasteiger partial charge in [0.1, 0.15) is 0 Å². The molecule has 0 unspecified atom stereocenters. The molecule has 0 fully saturated rings. The number of carbonyl (C=O) groups excluding carboxylic acids is 1. The maximum Gasteiger partial charge on any atom is 0.417 e. The van der Waals surface area contributed by atoms with Crippen LogP contribution in [0, 0.1) is 0 Å². The second-order valence-corrected chi connectivity index (χ2v) is 4.34. The van der Waals surface area contributed by atoms with Gasteiger partial charge in [0.15, 0.2) is 5.78 Å². The molecule has 2 nitrogen and oxygen atoms in total. The maximum atomic E-state index is 12.9. The third kappa shape index (κ3) is 3.84. The molecule has 1 aromatic carbocycles. The van der Waals surface area contributed by atoms with Crippen molar-refractivity contribution in [3.63, 3.8) is 0 Å². The van der Waals surface area contributed by atoms with Gasteiger partial charge in [-0.1, -0.05) is 25.1 Å². The molecule has 0 saturated carbocycles. The van der Waals surface area contributed by atoms with Crippen LogP contribution in [0.15, 0.2) is 36.0 Å². The molecule has 0 aromatic heterocycles. The Bertz CT molecular complexity index is 490. The van der Waals surface area contributed by atoms with Gasteiger partial charge in [-0.25, -0.2) is 0 Å². The molecular formula is C14H16F3NO. The minimum Gasteiger partial charge on any atom is -0.383 e. The molecule has 0 spiro atoms. The van der Waals surface area contributed by atoms with Crippen molar-refractivity contribution in [2.24, 2.45) is 0 Å². The van der Waals surface area contributed by atoms with Gasteiger partial charge in [-0.05, 0) is 12.5 Å². The van der Waals surface area contributed by atoms with Crippen molar-refractivity contribution in [3.05, 3.63) is 47.2 Å². The van der Waals surface area contributed by atoms with Crippen molar-refractivity contribution in [2.75, 3.05) is 14.1 Å². The first-order valence-corrected chi connectivity index (χ1v) is 5.85. The molecule has 0 amide bonds. The van der Waals surface area contributed by atoms with Crippen LogP contribution < -0.4 is 0 Å². The summed E-state index contributed by atoms with van der Waals surface area (Å²) in [6, 6.07) is 4.85. The molecule has 0 heterocycles. The topological polar surface area (TPSA) is 20.3 Å². The summed E-state index contributed by atoms with van der Waals surface area (Å²) in [6.07, 6.45) is -2.60. The molecule has 1 rings (SSSR count). The van der Waals surface area contributed by atoms with E-state index in [0.29, 0.717) is 12.0 Å². The molecule has 0 aliphatic heterocycles. The second kappa shape index (κ2) is 5.91. The van der Waals surface area contributed by atoms with Crippen molar-refractivity contribution in [2.45, 2.75) is 19.5 Å². The standard InChI is InChI=1S/C14H16F3NO/c1-4-10(9-18(2)3)13(19)11-7-5-6-8-12(11)14(15,16)17/h5-9H,4H2,1-3H3. The number of halogens is 3. The lowest BCUT2D eigenvalue weighted by Crippen LogP contribution is -2.15. The number of ketones is 1. The monoisotopic (exact) mass is 271 g/mol. The summed E-state index contributed by atoms with van der Waals surface area (Å²) in [5, 5.41) is 0. The van der Waals surface area contributed by atoms with Crippen molar-refractivity contribution >= 4 is 5.78 Å². The lowest BCUT2D eigenvalue weighted by molar-refractivity contribution is -0.137. The SMILES string of the molecule is CCC(=CN(C)C)C(=O)c1ccccc1C(F)(F)F. The van der Waals surface area contributed by atoms with Crippen LogP contribution in [0.2, 0.25) is 0 Å². The second-order valence-electron chi connectivity index (χ2n) is 4.34. The van der Waals surface area contributed by atoms with E-state index in [0.717, 1.165) is 6.07 Å². The van der Waals surface area contributed by atoms with E-state index >= 15 is 0 Å². The minimum absolute atomic E-state index is 0.301. The Morgan fingerprint density at radius 3 is 2.32 bits per heavy atom. The summed E-state index contributed by atoms with van der Waals surface area (Å²) in [7, 11) is 3.44. The van der Waals surface area contributed by atoms with Gasteiger partial charge >= 0.3 is 6.18 Å². The fraction of sp³-hybridized carbons (Fsp3) is 0.357. The van der Waals surface area contributed by atoms with Gasteiger partial charge in [-0.3, -0.25) is 4.79 Å². The first-order valence-electron chi connectivity index (χ1n) is 5.85. The zero-order chi connectivity index (χ0) is 14.6. The Labute approximate surface area is 110 Å². The maximum absolute atomic E-state index is 12.9. The Morgan fingerprint density at radius 1 is 1.26 bits per heavy atom. The molecule has 0 aliphatic rings. The third-order valence-electron chi connectivity index (χ3n) is 2.56. The van der Waals surface area contributed by atoms with E-state index in [4.69, 9.17) is 0 Å². The first kappa shape index (κ1) is 15.3. The number of hydrogen-bond donors (Lipinski definition) is 0. The predicted octanol–water partition coefficient (Wildman–Crippen LogP) is 3.74. The number of allylic oxidation sites excluding steroid dienone is 1. The number of nitrogens with zero attached hydrogens (tertiary/aromatic N) is 1. The molecule has 0 atom stereocenters. The fourth-order valence-electron chi connectivity index (χ4n) is 1.72. The van der Waals surface area contributed by atoms with Gasteiger partial charge in [0.05, 0.1) is 5.56 Å². The Kier molecular flexibility index (Phi) is 4.75. The molecule has 0 aliphatic carbocycles. The van der Waals surface area contributed by atoms with Crippen LogP contribution in [0.5, 0.6) is 0 Å². The van der Waals surface area contributed by atoms with E-state index in [-0.39, 0.29) is 5.56 Å². The van der Waals surface area contributed by atoms with E-state index in [9.17, 15) is 18.0 Å². The van der Waals surface area contributed by atoms with Gasteiger partial charge in [0, 0.05) is 31.4 Å². The number of rotatable bonds is 4. The Hall–Kier alpha value is -1.78. The van der Waals surface area contributed by atoms with Crippen LogP contribution in [0.25, 0.3) is 0 Å². The Balaban J connectivity index is 3.27. The number of hydrogen-bond acceptors (Lipinski definition) is 2. The molecule has 0 bridgehead atoms. The Morgan fingerprint density at radius 2 is 1.84 bits per heavy atom. The van der Waals surface area contributed by atoms with Gasteiger partial charge in [0.2, 0.25) is 0 Å². The molecule has 19 heavy (non-hydrogen) atoms. The highest BCUT2D eigenvalue weighted by Gasteiger charge is 2.35. The quantitative estimate of drug-likeness (QED) is 0.614. The fourth-order valence-corrected chi connectivity index (χ4v) is 1.72. The average Bonchev–Trinajstić information content (AvgIpc) is 2.34. The van der Waals surface area contributed by atoms with Crippen molar-refractivity contribution in [3.8, 4) is 0 Å². The van der Waals surface area contributed by atoms with Crippen LogP contribution in [-0.4, -0.2) is 24.8 Å². The van der Waals surface area contributed by atoms with E-state index in [1.807, 2.05) is 0 Å². The van der Waals surface area contributed by atoms with Gasteiger partial charge in [0.25, 0.3) is 0 Å². The predicted molar refractivity (Wildman–Crippen MR) is 67.8 cm³/mol. The molecule has 5 heteroatoms. The zero-order valence-electron chi connectivity index (χ0n) is 11.1. The van der Waals surface area contributed by atoms with E-state index in [2.05, 4.69) is 0 Å². The van der Waals surface area contributed by atoms with Crippen molar-refractivity contribution in [1.29, 1.82) is 0 Å². The van der Waals surface area contributed by atoms with Crippen molar-refractivity contribution in [1.82, 2.24) is 4.90 Å². The summed E-state index contributed by atoms with van der Waals surface area (Å²) < 4.78 is 38.6. The van der Waals surface area contributed by atoms with Crippen LogP contribution in [-0.2, 0) is 6.18 Å². The number of carbonyl (C=O) groups is 1. The smallest absolute Gasteiger partial charge is 0.383 e. The highest BCUT2D eigenvalue weighted by molar-refractivity contribution is 6.09. The number of Topliss-reactive ketones (excluding diaryl/α,β-unsaturated/α-hetero) is 1. The summed E-state index contributed by atoms with van der Waals surface area (Å²) in [6.45, 7) is 1.74. The minimum atomic E-state index is -4.52. The summed E-state index contributed by atoms with van der Waals surface area (Å²) >= 11 is 0. The van der Waals surface area contributed by atoms with E-state index < -0.39 is 17.5 Å². The zero-order valence-corrected chi connectivity index (χ0v) is 11.1. The van der Waals surface area contributed by atoms with E-state index in [1.54, 1.807) is 32.1 Å². The number of benzene rings is 1. The van der Waals surface area contributed by atoms with Crippen LogP contribution in [0.4, 0.5) is 13.2 Å². The third-order valence-corrected chi connectivity index (χ3v) is 2.56. The van der Waals surface area contributed by atoms with Crippen molar-refractivity contribution < 1.29 is 18.0 Å². The largest absolute Gasteiger partial charge is 0.417 e. The molecule has 0 saturated heterocycles. The lowest BCUT2D eigenvalue weighted by atomic mass is 9.97. The molecule has 104 valence electrons. The van der Waals surface area contributed by atoms with Crippen LogP contribution >= 0.6 is 0 Å². The van der Waals surface area contributed by atoms with Gasteiger partial charge in [-0.15, -0.1) is 0 Å². The highest BCUT2D eigenvalue weighted by Crippen LogP contribution is 2.33. The summed E-state index contributed by atoms with van der Waals surface area (Å²) in [5.74, 6) is -0.580. The van der Waals surface area contributed by atoms with E-state index in [1.165, 1.54) is 18.2 Å². The summed E-state index contributed by atoms with van der Waals surface area (Å²) in [5.41, 5.74) is -0.843. The van der Waals surface area contributed by atoms with Crippen LogP contribution in [0.3, 0.4) is 0 Å². The van der Waals surface area contributed by atoms with Crippen LogP contribution in [0.1, 0.15) is 29.3 Å². The molecule has 0 radical (unpaired) electrons. The first-order chi connectivity index (χ1) is 8.77. The van der Waals surface area contributed by atoms with Gasteiger partial charge < -0.3 is 4.90 Å². The summed E-state index contributed by atoms with van der Waals surface area (Å²) in [4.78, 5) is 13.8. The molecular weight excluding hydrogens is 255 g/mol. The molecule has 1 aromatic rings. The highest BCUT2D eigenvalue weighted by atomic mass is 19.4. The van der Waals surface area contributed by atoms with Gasteiger partial charge in [-0.2, -0.15) is 13.2 Å². The normalized spacial score (nSPS) is 12.4. The number of alkyl halides is 3. The molecule has 0 N–H and O–H groups in total. The lowest BCUT2D eigenvalue weighted by Gasteiger charge is -2.14.